The van der Waals surface area contributed by atoms with Gasteiger partial charge in [-0.1, -0.05) is 30.9 Å². The highest BCUT2D eigenvalue weighted by Gasteiger charge is 2.40. The van der Waals surface area contributed by atoms with Gasteiger partial charge in [-0.15, -0.1) is 0 Å². The molecule has 1 saturated carbocycles. The van der Waals surface area contributed by atoms with E-state index in [9.17, 15) is 24.5 Å². The van der Waals surface area contributed by atoms with Crippen LogP contribution in [0.4, 0.5) is 21.9 Å². The van der Waals surface area contributed by atoms with Crippen molar-refractivity contribution >= 4 is 46.5 Å². The molecule has 10 heteroatoms. The van der Waals surface area contributed by atoms with Crippen LogP contribution in [0.5, 0.6) is 0 Å². The van der Waals surface area contributed by atoms with Gasteiger partial charge in [-0.05, 0) is 43.2 Å². The summed E-state index contributed by atoms with van der Waals surface area (Å²) in [5.41, 5.74) is 0.769. The van der Waals surface area contributed by atoms with Crippen LogP contribution in [0.15, 0.2) is 36.4 Å². The number of urea groups is 1. The third kappa shape index (κ3) is 4.09. The van der Waals surface area contributed by atoms with Gasteiger partial charge in [0.25, 0.3) is 17.5 Å². The number of benzene rings is 2. The number of nitro groups is 1. The van der Waals surface area contributed by atoms with E-state index < -0.39 is 11.0 Å². The predicted molar refractivity (Wildman–Crippen MR) is 115 cm³/mol. The average Bonchev–Trinajstić information content (AvgIpc) is 2.99. The zero-order valence-electron chi connectivity index (χ0n) is 16.4. The minimum Gasteiger partial charge on any atom is -0.308 e. The van der Waals surface area contributed by atoms with Gasteiger partial charge in [-0.2, -0.15) is 0 Å². The van der Waals surface area contributed by atoms with Gasteiger partial charge >= 0.3 is 6.03 Å². The van der Waals surface area contributed by atoms with Crippen molar-refractivity contribution in [1.82, 2.24) is 4.90 Å². The van der Waals surface area contributed by atoms with Gasteiger partial charge in [0, 0.05) is 23.5 Å². The van der Waals surface area contributed by atoms with Gasteiger partial charge in [-0.25, -0.2) is 4.79 Å². The van der Waals surface area contributed by atoms with Gasteiger partial charge in [-0.3, -0.25) is 24.6 Å². The van der Waals surface area contributed by atoms with E-state index in [2.05, 4.69) is 10.6 Å². The monoisotopic (exact) mass is 442 g/mol. The first-order chi connectivity index (χ1) is 14.8. The van der Waals surface area contributed by atoms with E-state index in [1.807, 2.05) is 0 Å². The number of halogens is 1. The Kier molecular flexibility index (Phi) is 5.60. The first kappa shape index (κ1) is 20.8. The van der Waals surface area contributed by atoms with Gasteiger partial charge in [0.1, 0.15) is 5.02 Å². The molecule has 0 saturated heterocycles. The first-order valence-corrected chi connectivity index (χ1v) is 10.3. The molecule has 0 bridgehead atoms. The Morgan fingerprint density at radius 2 is 1.58 bits per heavy atom. The number of anilines is 2. The van der Waals surface area contributed by atoms with Crippen LogP contribution < -0.4 is 10.6 Å². The number of imide groups is 1. The van der Waals surface area contributed by atoms with Crippen molar-refractivity contribution in [3.05, 3.63) is 62.7 Å². The van der Waals surface area contributed by atoms with Crippen molar-refractivity contribution in [2.24, 2.45) is 0 Å². The third-order valence-corrected chi connectivity index (χ3v) is 5.84. The van der Waals surface area contributed by atoms with Crippen LogP contribution in [-0.2, 0) is 0 Å². The Morgan fingerprint density at radius 3 is 2.26 bits per heavy atom. The lowest BCUT2D eigenvalue weighted by Crippen LogP contribution is -2.40. The zero-order chi connectivity index (χ0) is 22.1. The third-order valence-electron chi connectivity index (χ3n) is 5.52. The zero-order valence-corrected chi connectivity index (χ0v) is 17.1. The minimum atomic E-state index is -0.655. The molecule has 4 rings (SSSR count). The van der Waals surface area contributed by atoms with Gasteiger partial charge in [0.2, 0.25) is 0 Å². The van der Waals surface area contributed by atoms with E-state index in [0.29, 0.717) is 11.3 Å². The second-order valence-corrected chi connectivity index (χ2v) is 7.94. The Bertz CT molecular complexity index is 1100. The molecule has 9 nitrogen and oxygen atoms in total. The normalized spacial score (nSPS) is 16.2. The molecule has 0 atom stereocenters. The fraction of sp³-hybridized carbons (Fsp3) is 0.286. The molecule has 2 N–H and O–H groups in total. The molecule has 0 spiro atoms. The number of rotatable bonds is 4. The van der Waals surface area contributed by atoms with Crippen LogP contribution >= 0.6 is 11.6 Å². The molecule has 2 aromatic rings. The van der Waals surface area contributed by atoms with Gasteiger partial charge in [0.05, 0.1) is 16.1 Å². The average molecular weight is 443 g/mol. The fourth-order valence-corrected chi connectivity index (χ4v) is 4.22. The molecule has 2 aromatic carbocycles. The number of hydrogen-bond acceptors (Lipinski definition) is 5. The summed E-state index contributed by atoms with van der Waals surface area (Å²) in [5, 5.41) is 16.0. The Labute approximate surface area is 182 Å². The number of carbonyl (C=O) groups excluding carboxylic acids is 3. The van der Waals surface area contributed by atoms with Crippen molar-refractivity contribution in [1.29, 1.82) is 0 Å². The highest BCUT2D eigenvalue weighted by molar-refractivity contribution is 6.32. The van der Waals surface area contributed by atoms with E-state index in [0.717, 1.165) is 38.2 Å². The summed E-state index contributed by atoms with van der Waals surface area (Å²) in [6.07, 6.45) is 4.72. The summed E-state index contributed by atoms with van der Waals surface area (Å²) in [7, 11) is 0. The Morgan fingerprint density at radius 1 is 0.968 bits per heavy atom. The molecule has 1 aliphatic carbocycles. The van der Waals surface area contributed by atoms with Crippen LogP contribution in [0, 0.1) is 10.1 Å². The van der Waals surface area contributed by atoms with Crippen molar-refractivity contribution < 1.29 is 19.3 Å². The molecule has 0 aromatic heterocycles. The molecule has 31 heavy (non-hydrogen) atoms. The van der Waals surface area contributed by atoms with Gasteiger partial charge in [0.15, 0.2) is 0 Å². The SMILES string of the molecule is O=C(Nc1ccc2c(c1)C(=O)N(C1CCCCC1)C2=O)Nc1ccc(Cl)c([N+](=O)[O-])c1. The highest BCUT2D eigenvalue weighted by Crippen LogP contribution is 2.32. The fourth-order valence-electron chi connectivity index (χ4n) is 4.03. The highest BCUT2D eigenvalue weighted by atomic mass is 35.5. The molecular formula is C21H19ClN4O5. The van der Waals surface area contributed by atoms with E-state index in [4.69, 9.17) is 11.6 Å². The number of hydrogen-bond donors (Lipinski definition) is 2. The maximum absolute atomic E-state index is 12.9. The first-order valence-electron chi connectivity index (χ1n) is 9.89. The lowest BCUT2D eigenvalue weighted by atomic mass is 9.94. The lowest BCUT2D eigenvalue weighted by Gasteiger charge is -2.29. The molecule has 0 radical (unpaired) electrons. The molecule has 160 valence electrons. The Hall–Kier alpha value is -3.46. The molecule has 2 aliphatic rings. The second-order valence-electron chi connectivity index (χ2n) is 7.53. The van der Waals surface area contributed by atoms with Crippen molar-refractivity contribution in [2.75, 3.05) is 10.6 Å². The quantitative estimate of drug-likeness (QED) is 0.399. The molecular weight excluding hydrogens is 424 g/mol. The van der Waals surface area contributed by atoms with Crippen molar-refractivity contribution in [3.63, 3.8) is 0 Å². The standard InChI is InChI=1S/C21H19ClN4O5/c22-17-9-7-13(11-18(17)26(30)31)24-21(29)23-12-6-8-15-16(10-12)20(28)25(19(15)27)14-4-2-1-3-5-14/h6-11,14H,1-5H2,(H2,23,24,29). The summed E-state index contributed by atoms with van der Waals surface area (Å²) in [6, 6.07) is 7.70. The summed E-state index contributed by atoms with van der Waals surface area (Å²) >= 11 is 5.77. The minimum absolute atomic E-state index is 0.0414. The second kappa shape index (κ2) is 8.35. The molecule has 4 amide bonds. The smallest absolute Gasteiger partial charge is 0.308 e. The van der Waals surface area contributed by atoms with Crippen LogP contribution in [0.3, 0.4) is 0 Å². The van der Waals surface area contributed by atoms with Crippen LogP contribution in [0.2, 0.25) is 5.02 Å². The molecule has 1 aliphatic heterocycles. The number of fused-ring (bicyclic) bond motifs is 1. The lowest BCUT2D eigenvalue weighted by molar-refractivity contribution is -0.384. The number of nitrogens with zero attached hydrogens (tertiary/aromatic N) is 2. The number of carbonyl (C=O) groups is 3. The van der Waals surface area contributed by atoms with E-state index in [1.165, 1.54) is 35.2 Å². The maximum atomic E-state index is 12.9. The number of nitrogens with one attached hydrogen (secondary N) is 2. The van der Waals surface area contributed by atoms with Crippen molar-refractivity contribution in [3.8, 4) is 0 Å². The maximum Gasteiger partial charge on any atom is 0.323 e. The molecule has 0 unspecified atom stereocenters. The largest absolute Gasteiger partial charge is 0.323 e. The topological polar surface area (TPSA) is 122 Å². The number of amides is 4. The van der Waals surface area contributed by atoms with Crippen LogP contribution in [-0.4, -0.2) is 33.7 Å². The summed E-state index contributed by atoms with van der Waals surface area (Å²) in [6.45, 7) is 0. The summed E-state index contributed by atoms with van der Waals surface area (Å²) in [5.74, 6) is -0.638. The molecule has 1 fully saturated rings. The predicted octanol–water partition coefficient (Wildman–Crippen LogP) is 4.82. The van der Waals surface area contributed by atoms with Crippen LogP contribution in [0.25, 0.3) is 0 Å². The van der Waals surface area contributed by atoms with Crippen LogP contribution in [0.1, 0.15) is 52.8 Å². The van der Waals surface area contributed by atoms with E-state index in [-0.39, 0.29) is 39.8 Å². The van der Waals surface area contributed by atoms with E-state index >= 15 is 0 Å². The number of nitro benzene ring substituents is 1. The summed E-state index contributed by atoms with van der Waals surface area (Å²) in [4.78, 5) is 49.6. The van der Waals surface area contributed by atoms with Gasteiger partial charge < -0.3 is 10.6 Å². The van der Waals surface area contributed by atoms with E-state index in [1.54, 1.807) is 0 Å². The summed E-state index contributed by atoms with van der Waals surface area (Å²) < 4.78 is 0. The molecule has 1 heterocycles. The Balaban J connectivity index is 1.48. The van der Waals surface area contributed by atoms with Crippen molar-refractivity contribution in [2.45, 2.75) is 38.1 Å².